The standard InChI is InChI=1S/C31H39NO5S/c1-4-6-20(15-21-8-11-22(34)12-9-21)10-13-27(35)28-24(19(2)3)16-25-29(26(28)18-33)31(37)32(30(25)36)17-23-7-5-14-38-23/h5,7-9,11-12,14-15,19,25-27,29,33-35H,4,6,10,13,16-18H2,1-3H3/b20-15+/t25-,26+,27-,29-/m1/s1. The third kappa shape index (κ3) is 5.95. The van der Waals surface area contributed by atoms with Gasteiger partial charge in [0.05, 0.1) is 31.1 Å². The van der Waals surface area contributed by atoms with Gasteiger partial charge < -0.3 is 15.3 Å². The van der Waals surface area contributed by atoms with E-state index < -0.39 is 23.9 Å². The largest absolute Gasteiger partial charge is 0.508 e. The molecular weight excluding hydrogens is 498 g/mol. The van der Waals surface area contributed by atoms with Gasteiger partial charge in [-0.05, 0) is 66.3 Å². The Balaban J connectivity index is 1.57. The Bertz CT molecular complexity index is 1180. The van der Waals surface area contributed by atoms with Crippen molar-refractivity contribution in [3.63, 3.8) is 0 Å². The summed E-state index contributed by atoms with van der Waals surface area (Å²) in [7, 11) is 0. The molecule has 38 heavy (non-hydrogen) atoms. The van der Waals surface area contributed by atoms with Gasteiger partial charge in [-0.1, -0.05) is 62.6 Å². The van der Waals surface area contributed by atoms with Crippen LogP contribution >= 0.6 is 11.3 Å². The molecule has 2 heterocycles. The topological polar surface area (TPSA) is 98.1 Å². The Morgan fingerprint density at radius 2 is 1.87 bits per heavy atom. The van der Waals surface area contributed by atoms with Crippen LogP contribution < -0.4 is 0 Å². The van der Waals surface area contributed by atoms with Gasteiger partial charge in [-0.3, -0.25) is 14.5 Å². The molecule has 0 saturated carbocycles. The van der Waals surface area contributed by atoms with Gasteiger partial charge in [-0.25, -0.2) is 0 Å². The second-order valence-corrected chi connectivity index (χ2v) is 11.8. The van der Waals surface area contributed by atoms with Crippen LogP contribution in [0.5, 0.6) is 5.75 Å². The van der Waals surface area contributed by atoms with Crippen LogP contribution in [0.2, 0.25) is 0 Å². The molecule has 1 saturated heterocycles. The molecule has 0 unspecified atom stereocenters. The van der Waals surface area contributed by atoms with E-state index in [1.807, 2.05) is 29.6 Å². The maximum atomic E-state index is 13.5. The first-order valence-corrected chi connectivity index (χ1v) is 14.5. The molecule has 1 aliphatic carbocycles. The highest BCUT2D eigenvalue weighted by Gasteiger charge is 2.55. The molecule has 2 aliphatic rings. The van der Waals surface area contributed by atoms with Crippen LogP contribution in [-0.4, -0.2) is 44.7 Å². The second kappa shape index (κ2) is 12.4. The Morgan fingerprint density at radius 3 is 2.47 bits per heavy atom. The van der Waals surface area contributed by atoms with Crippen molar-refractivity contribution in [3.8, 4) is 5.75 Å². The summed E-state index contributed by atoms with van der Waals surface area (Å²) in [6, 6.07) is 10.9. The van der Waals surface area contributed by atoms with Crippen molar-refractivity contribution in [1.82, 2.24) is 4.90 Å². The Hall–Kier alpha value is -2.74. The zero-order chi connectivity index (χ0) is 27.4. The number of carbonyl (C=O) groups excluding carboxylic acids is 2. The number of allylic oxidation sites excluding steroid dienone is 2. The van der Waals surface area contributed by atoms with Gasteiger partial charge in [0.2, 0.25) is 11.8 Å². The summed E-state index contributed by atoms with van der Waals surface area (Å²) in [5, 5.41) is 33.6. The van der Waals surface area contributed by atoms with E-state index in [9.17, 15) is 24.9 Å². The van der Waals surface area contributed by atoms with E-state index in [2.05, 4.69) is 26.8 Å². The van der Waals surface area contributed by atoms with E-state index in [-0.39, 0.29) is 36.6 Å². The van der Waals surface area contributed by atoms with Gasteiger partial charge >= 0.3 is 0 Å². The molecule has 1 aromatic carbocycles. The van der Waals surface area contributed by atoms with Crippen LogP contribution in [0, 0.1) is 23.7 Å². The number of phenols is 1. The smallest absolute Gasteiger partial charge is 0.234 e. The molecule has 1 aromatic heterocycles. The average Bonchev–Trinajstić information content (AvgIpc) is 3.50. The van der Waals surface area contributed by atoms with Crippen molar-refractivity contribution < 1.29 is 24.9 Å². The molecular formula is C31H39NO5S. The zero-order valence-electron chi connectivity index (χ0n) is 22.5. The van der Waals surface area contributed by atoms with Crippen LogP contribution in [-0.2, 0) is 16.1 Å². The predicted molar refractivity (Wildman–Crippen MR) is 150 cm³/mol. The van der Waals surface area contributed by atoms with Crippen LogP contribution in [0.3, 0.4) is 0 Å². The zero-order valence-corrected chi connectivity index (χ0v) is 23.3. The third-order valence-electron chi connectivity index (χ3n) is 7.93. The minimum atomic E-state index is -0.806. The first-order valence-electron chi connectivity index (χ1n) is 13.6. The molecule has 4 rings (SSSR count). The number of nitrogens with zero attached hydrogens (tertiary/aromatic N) is 1. The molecule has 1 aliphatic heterocycles. The second-order valence-electron chi connectivity index (χ2n) is 10.8. The van der Waals surface area contributed by atoms with E-state index in [1.165, 1.54) is 21.8 Å². The van der Waals surface area contributed by atoms with Crippen molar-refractivity contribution in [2.24, 2.45) is 23.7 Å². The predicted octanol–water partition coefficient (Wildman–Crippen LogP) is 5.54. The van der Waals surface area contributed by atoms with Crippen molar-refractivity contribution in [2.75, 3.05) is 6.61 Å². The van der Waals surface area contributed by atoms with Crippen molar-refractivity contribution in [3.05, 3.63) is 68.9 Å². The highest BCUT2D eigenvalue weighted by molar-refractivity contribution is 7.09. The molecule has 3 N–H and O–H groups in total. The number of imide groups is 1. The lowest BCUT2D eigenvalue weighted by Crippen LogP contribution is -2.39. The number of hydrogen-bond donors (Lipinski definition) is 3. The lowest BCUT2D eigenvalue weighted by Gasteiger charge is -2.38. The fourth-order valence-electron chi connectivity index (χ4n) is 6.10. The fourth-order valence-corrected chi connectivity index (χ4v) is 6.79. The summed E-state index contributed by atoms with van der Waals surface area (Å²) >= 11 is 1.52. The molecule has 0 spiro atoms. The number of likely N-dealkylation sites (tertiary alicyclic amines) is 1. The summed E-state index contributed by atoms with van der Waals surface area (Å²) in [5.74, 6) is -1.78. The molecule has 6 nitrogen and oxygen atoms in total. The molecule has 204 valence electrons. The van der Waals surface area contributed by atoms with E-state index in [0.717, 1.165) is 34.4 Å². The molecule has 2 aromatic rings. The Morgan fingerprint density at radius 1 is 1.13 bits per heavy atom. The number of aromatic hydroxyl groups is 1. The summed E-state index contributed by atoms with van der Waals surface area (Å²) in [5.41, 5.74) is 3.95. The molecule has 0 bridgehead atoms. The quantitative estimate of drug-likeness (QED) is 0.258. The van der Waals surface area contributed by atoms with Gasteiger partial charge in [-0.2, -0.15) is 0 Å². The number of aliphatic hydroxyl groups is 2. The number of phenolic OH excluding ortho intramolecular Hbond substituents is 1. The highest BCUT2D eigenvalue weighted by Crippen LogP contribution is 2.48. The maximum absolute atomic E-state index is 13.5. The Kier molecular flexibility index (Phi) is 9.23. The van der Waals surface area contributed by atoms with Crippen LogP contribution in [0.4, 0.5) is 0 Å². The van der Waals surface area contributed by atoms with Crippen LogP contribution in [0.25, 0.3) is 6.08 Å². The number of thiophene rings is 1. The fraction of sp³-hybridized carbons (Fsp3) is 0.484. The van der Waals surface area contributed by atoms with E-state index >= 15 is 0 Å². The lowest BCUT2D eigenvalue weighted by molar-refractivity contribution is -0.140. The van der Waals surface area contributed by atoms with Gasteiger partial charge in [0.15, 0.2) is 0 Å². The van der Waals surface area contributed by atoms with Gasteiger partial charge in [0.1, 0.15) is 5.75 Å². The highest BCUT2D eigenvalue weighted by atomic mass is 32.1. The van der Waals surface area contributed by atoms with Gasteiger partial charge in [0.25, 0.3) is 0 Å². The molecule has 4 atom stereocenters. The lowest BCUT2D eigenvalue weighted by atomic mass is 9.66. The van der Waals surface area contributed by atoms with E-state index in [0.29, 0.717) is 19.3 Å². The number of benzene rings is 1. The van der Waals surface area contributed by atoms with Crippen LogP contribution in [0.15, 0.2) is 58.5 Å². The third-order valence-corrected chi connectivity index (χ3v) is 8.79. The van der Waals surface area contributed by atoms with Gasteiger partial charge in [0, 0.05) is 10.8 Å². The normalized spacial score (nSPS) is 22.9. The minimum Gasteiger partial charge on any atom is -0.508 e. The van der Waals surface area contributed by atoms with Gasteiger partial charge in [-0.15, -0.1) is 11.3 Å². The maximum Gasteiger partial charge on any atom is 0.234 e. The van der Waals surface area contributed by atoms with Crippen molar-refractivity contribution in [2.45, 2.75) is 65.5 Å². The molecule has 7 heteroatoms. The first-order chi connectivity index (χ1) is 18.2. The summed E-state index contributed by atoms with van der Waals surface area (Å²) in [6.45, 7) is 6.20. The van der Waals surface area contributed by atoms with E-state index in [1.54, 1.807) is 12.1 Å². The van der Waals surface area contributed by atoms with E-state index in [4.69, 9.17) is 0 Å². The number of rotatable bonds is 11. The number of hydrogen-bond acceptors (Lipinski definition) is 6. The van der Waals surface area contributed by atoms with Crippen molar-refractivity contribution in [1.29, 1.82) is 0 Å². The number of carbonyl (C=O) groups is 2. The number of fused-ring (bicyclic) bond motifs is 1. The average molecular weight is 538 g/mol. The summed E-state index contributed by atoms with van der Waals surface area (Å²) in [6.07, 6.45) is 4.76. The van der Waals surface area contributed by atoms with Crippen LogP contribution in [0.1, 0.15) is 63.3 Å². The number of aliphatic hydroxyl groups excluding tert-OH is 2. The Labute approximate surface area is 229 Å². The first kappa shape index (κ1) is 28.3. The SMILES string of the molecule is CCC/C(=C\c1ccc(O)cc1)CC[C@@H](O)C1=C(C(C)C)C[C@H]2C(=O)N(Cc3cccs3)C(=O)[C@H]2[C@H]1CO. The number of amides is 2. The molecule has 1 fully saturated rings. The molecule has 2 amide bonds. The summed E-state index contributed by atoms with van der Waals surface area (Å²) < 4.78 is 0. The monoisotopic (exact) mass is 537 g/mol. The summed E-state index contributed by atoms with van der Waals surface area (Å²) in [4.78, 5) is 29.2. The van der Waals surface area contributed by atoms with Crippen molar-refractivity contribution >= 4 is 29.2 Å². The minimum absolute atomic E-state index is 0.0894. The molecule has 0 radical (unpaired) electrons.